The third kappa shape index (κ3) is 4.52. The number of aryl methyl sites for hydroxylation is 1. The van der Waals surface area contributed by atoms with Crippen LogP contribution >= 0.6 is 0 Å². The number of rotatable bonds is 7. The van der Waals surface area contributed by atoms with Crippen molar-refractivity contribution < 1.29 is 14.7 Å². The number of aromatic nitrogens is 2. The summed E-state index contributed by atoms with van der Waals surface area (Å²) >= 11 is 0. The SMILES string of the molecule is Cc1nn(-c2ccc(C(=O)N(C(C)C)C3CCCC3)cc2)c(C)c1CCC(=O)O. The third-order valence-corrected chi connectivity index (χ3v) is 5.90. The number of carbonyl (C=O) groups is 2. The van der Waals surface area contributed by atoms with Gasteiger partial charge >= 0.3 is 5.97 Å². The Kier molecular flexibility index (Phi) is 6.40. The van der Waals surface area contributed by atoms with Crippen LogP contribution in [-0.4, -0.2) is 43.7 Å². The van der Waals surface area contributed by atoms with E-state index in [9.17, 15) is 9.59 Å². The van der Waals surface area contributed by atoms with Gasteiger partial charge in [-0.05, 0) is 76.8 Å². The summed E-state index contributed by atoms with van der Waals surface area (Å²) < 4.78 is 1.83. The Labute approximate surface area is 172 Å². The van der Waals surface area contributed by atoms with Gasteiger partial charge in [-0.25, -0.2) is 4.68 Å². The minimum Gasteiger partial charge on any atom is -0.481 e. The molecule has 1 heterocycles. The molecule has 0 bridgehead atoms. The maximum atomic E-state index is 13.1. The zero-order valence-electron chi connectivity index (χ0n) is 17.8. The second-order valence-electron chi connectivity index (χ2n) is 8.25. The number of carbonyl (C=O) groups excluding carboxylic acids is 1. The van der Waals surface area contributed by atoms with Gasteiger partial charge in [-0.15, -0.1) is 0 Å². The highest BCUT2D eigenvalue weighted by atomic mass is 16.4. The lowest BCUT2D eigenvalue weighted by molar-refractivity contribution is -0.136. The smallest absolute Gasteiger partial charge is 0.303 e. The standard InChI is InChI=1S/C23H31N3O3/c1-15(2)25(19-7-5-6-8-19)23(29)18-9-11-20(12-10-18)26-17(4)21(16(3)24-26)13-14-22(27)28/h9-12,15,19H,5-8,13-14H2,1-4H3,(H,27,28). The van der Waals surface area contributed by atoms with Crippen LogP contribution in [0.4, 0.5) is 0 Å². The normalized spacial score (nSPS) is 14.5. The van der Waals surface area contributed by atoms with Gasteiger partial charge in [-0.2, -0.15) is 5.10 Å². The highest BCUT2D eigenvalue weighted by Gasteiger charge is 2.29. The van der Waals surface area contributed by atoms with Crippen molar-refractivity contribution in [3.63, 3.8) is 0 Å². The molecule has 6 heteroatoms. The van der Waals surface area contributed by atoms with Crippen LogP contribution in [0.15, 0.2) is 24.3 Å². The first-order valence-electron chi connectivity index (χ1n) is 10.5. The average Bonchev–Trinajstić information content (AvgIpc) is 3.28. The molecule has 0 atom stereocenters. The van der Waals surface area contributed by atoms with Gasteiger partial charge in [0, 0.05) is 29.8 Å². The molecule has 6 nitrogen and oxygen atoms in total. The number of hydrogen-bond acceptors (Lipinski definition) is 3. The van der Waals surface area contributed by atoms with Crippen molar-refractivity contribution in [3.05, 3.63) is 46.8 Å². The molecule has 1 aliphatic carbocycles. The third-order valence-electron chi connectivity index (χ3n) is 5.90. The summed E-state index contributed by atoms with van der Waals surface area (Å²) in [6.07, 6.45) is 5.13. The molecule has 0 radical (unpaired) electrons. The lowest BCUT2D eigenvalue weighted by atomic mass is 10.1. The summed E-state index contributed by atoms with van der Waals surface area (Å²) in [6.45, 7) is 8.02. The van der Waals surface area contributed by atoms with Crippen LogP contribution in [0.5, 0.6) is 0 Å². The summed E-state index contributed by atoms with van der Waals surface area (Å²) in [7, 11) is 0. The fourth-order valence-corrected chi connectivity index (χ4v) is 4.42. The molecule has 1 N–H and O–H groups in total. The topological polar surface area (TPSA) is 75.4 Å². The second kappa shape index (κ2) is 8.80. The van der Waals surface area contributed by atoms with E-state index in [2.05, 4.69) is 18.9 Å². The van der Waals surface area contributed by atoms with E-state index in [1.807, 2.05) is 47.7 Å². The van der Waals surface area contributed by atoms with E-state index < -0.39 is 5.97 Å². The molecule has 1 aromatic carbocycles. The summed E-state index contributed by atoms with van der Waals surface area (Å²) in [5, 5.41) is 13.5. The number of benzene rings is 1. The lowest BCUT2D eigenvalue weighted by Crippen LogP contribution is -2.43. The van der Waals surface area contributed by atoms with Gasteiger partial charge in [-0.3, -0.25) is 9.59 Å². The molecule has 3 rings (SSSR count). The number of nitrogens with zero attached hydrogens (tertiary/aromatic N) is 3. The first-order chi connectivity index (χ1) is 13.8. The van der Waals surface area contributed by atoms with E-state index in [-0.39, 0.29) is 18.4 Å². The Hall–Kier alpha value is -2.63. The Balaban J connectivity index is 1.82. The Bertz CT molecular complexity index is 878. The molecule has 1 amide bonds. The Morgan fingerprint density at radius 1 is 1.17 bits per heavy atom. The first kappa shape index (κ1) is 21.1. The Morgan fingerprint density at radius 3 is 2.34 bits per heavy atom. The van der Waals surface area contributed by atoms with Crippen molar-refractivity contribution in [3.8, 4) is 5.69 Å². The summed E-state index contributed by atoms with van der Waals surface area (Å²) in [5.41, 5.74) is 4.33. The van der Waals surface area contributed by atoms with E-state index in [4.69, 9.17) is 5.11 Å². The van der Waals surface area contributed by atoms with E-state index in [1.54, 1.807) is 0 Å². The quantitative estimate of drug-likeness (QED) is 0.756. The van der Waals surface area contributed by atoms with Crippen LogP contribution in [0.3, 0.4) is 0 Å². The molecular formula is C23H31N3O3. The fourth-order valence-electron chi connectivity index (χ4n) is 4.42. The number of carboxylic acids is 1. The molecule has 1 fully saturated rings. The van der Waals surface area contributed by atoms with Crippen molar-refractivity contribution in [2.24, 2.45) is 0 Å². The van der Waals surface area contributed by atoms with Crippen LogP contribution in [-0.2, 0) is 11.2 Å². The summed E-state index contributed by atoms with van der Waals surface area (Å²) in [6, 6.07) is 8.10. The molecule has 0 unspecified atom stereocenters. The minimum atomic E-state index is -0.809. The highest BCUT2D eigenvalue weighted by molar-refractivity contribution is 5.94. The monoisotopic (exact) mass is 397 g/mol. The van der Waals surface area contributed by atoms with Crippen molar-refractivity contribution >= 4 is 11.9 Å². The predicted octanol–water partition coefficient (Wildman–Crippen LogP) is 4.30. The predicted molar refractivity (Wildman–Crippen MR) is 113 cm³/mol. The van der Waals surface area contributed by atoms with Crippen molar-refractivity contribution in [1.29, 1.82) is 0 Å². The zero-order chi connectivity index (χ0) is 21.1. The van der Waals surface area contributed by atoms with Gasteiger partial charge in [0.25, 0.3) is 5.91 Å². The van der Waals surface area contributed by atoms with E-state index in [1.165, 1.54) is 12.8 Å². The largest absolute Gasteiger partial charge is 0.481 e. The average molecular weight is 398 g/mol. The molecule has 1 aliphatic rings. The van der Waals surface area contributed by atoms with Crippen LogP contribution < -0.4 is 0 Å². The van der Waals surface area contributed by atoms with Crippen molar-refractivity contribution in [2.45, 2.75) is 78.3 Å². The molecule has 0 saturated heterocycles. The van der Waals surface area contributed by atoms with Gasteiger partial charge in [-0.1, -0.05) is 12.8 Å². The molecule has 2 aromatic rings. The first-order valence-corrected chi connectivity index (χ1v) is 10.5. The molecule has 0 spiro atoms. The van der Waals surface area contributed by atoms with Crippen LogP contribution in [0.25, 0.3) is 5.69 Å². The maximum absolute atomic E-state index is 13.1. The molecular weight excluding hydrogens is 366 g/mol. The summed E-state index contributed by atoms with van der Waals surface area (Å²) in [5.74, 6) is -0.717. The second-order valence-corrected chi connectivity index (χ2v) is 8.25. The summed E-state index contributed by atoms with van der Waals surface area (Å²) in [4.78, 5) is 26.1. The highest BCUT2D eigenvalue weighted by Crippen LogP contribution is 2.27. The van der Waals surface area contributed by atoms with Gasteiger partial charge in [0.15, 0.2) is 0 Å². The van der Waals surface area contributed by atoms with Crippen molar-refractivity contribution in [2.75, 3.05) is 0 Å². The van der Waals surface area contributed by atoms with Gasteiger partial charge in [0.1, 0.15) is 0 Å². The number of aliphatic carboxylic acids is 1. The molecule has 1 saturated carbocycles. The maximum Gasteiger partial charge on any atom is 0.303 e. The molecule has 1 aromatic heterocycles. The molecule has 29 heavy (non-hydrogen) atoms. The number of carboxylic acid groups (broad SMARTS) is 1. The van der Waals surface area contributed by atoms with Gasteiger partial charge in [0.05, 0.1) is 11.4 Å². The Morgan fingerprint density at radius 2 is 1.79 bits per heavy atom. The van der Waals surface area contributed by atoms with Crippen LogP contribution in [0.2, 0.25) is 0 Å². The zero-order valence-corrected chi connectivity index (χ0v) is 17.8. The number of hydrogen-bond donors (Lipinski definition) is 1. The molecule has 0 aliphatic heterocycles. The van der Waals surface area contributed by atoms with E-state index >= 15 is 0 Å². The fraction of sp³-hybridized carbons (Fsp3) is 0.522. The van der Waals surface area contributed by atoms with Crippen LogP contribution in [0, 0.1) is 13.8 Å². The van der Waals surface area contributed by atoms with E-state index in [0.717, 1.165) is 35.5 Å². The van der Waals surface area contributed by atoms with Crippen LogP contribution in [0.1, 0.15) is 73.3 Å². The lowest BCUT2D eigenvalue weighted by Gasteiger charge is -2.33. The van der Waals surface area contributed by atoms with Gasteiger partial charge in [0.2, 0.25) is 0 Å². The van der Waals surface area contributed by atoms with Crippen molar-refractivity contribution in [1.82, 2.24) is 14.7 Å². The number of amides is 1. The van der Waals surface area contributed by atoms with E-state index in [0.29, 0.717) is 18.0 Å². The van der Waals surface area contributed by atoms with Gasteiger partial charge < -0.3 is 10.0 Å². The minimum absolute atomic E-state index is 0.0903. The molecule has 156 valence electrons.